The Kier molecular flexibility index (Phi) is 4.20. The number of para-hydroxylation sites is 1. The number of carboxylic acids is 1. The van der Waals surface area contributed by atoms with E-state index in [0.29, 0.717) is 11.3 Å². The Morgan fingerprint density at radius 2 is 1.90 bits per heavy atom. The molecule has 0 amide bonds. The zero-order valence-electron chi connectivity index (χ0n) is 10.8. The molecule has 2 rings (SSSR count). The summed E-state index contributed by atoms with van der Waals surface area (Å²) in [4.78, 5) is 11.4. The summed E-state index contributed by atoms with van der Waals surface area (Å²) < 4.78 is 18.6. The van der Waals surface area contributed by atoms with Crippen LogP contribution in [0.3, 0.4) is 0 Å². The topological polar surface area (TPSA) is 58.6 Å². The van der Waals surface area contributed by atoms with Crippen LogP contribution in [0.5, 0.6) is 5.75 Å². The monoisotopic (exact) mass is 275 g/mol. The molecule has 0 spiro atoms. The first-order valence-electron chi connectivity index (χ1n) is 6.00. The van der Waals surface area contributed by atoms with Crippen LogP contribution >= 0.6 is 0 Å². The van der Waals surface area contributed by atoms with Gasteiger partial charge in [0, 0.05) is 0 Å². The summed E-state index contributed by atoms with van der Waals surface area (Å²) in [5, 5.41) is 12.1. The van der Waals surface area contributed by atoms with Crippen LogP contribution in [0, 0.1) is 5.82 Å². The van der Waals surface area contributed by atoms with Gasteiger partial charge >= 0.3 is 5.97 Å². The van der Waals surface area contributed by atoms with E-state index in [1.165, 1.54) is 19.2 Å². The summed E-state index contributed by atoms with van der Waals surface area (Å²) in [6, 6.07) is 12.0. The lowest BCUT2D eigenvalue weighted by Crippen LogP contribution is -2.20. The van der Waals surface area contributed by atoms with Crippen molar-refractivity contribution in [1.29, 1.82) is 0 Å². The standard InChI is InChI=1S/C15H14FNO3/c1-20-14-11(16)8-5-9-12(14)17-13(15(18)19)10-6-3-2-4-7-10/h2-9,13,17H,1H3,(H,18,19). The van der Waals surface area contributed by atoms with Crippen molar-refractivity contribution in [3.05, 3.63) is 59.9 Å². The molecule has 20 heavy (non-hydrogen) atoms. The molecule has 0 aromatic heterocycles. The quantitative estimate of drug-likeness (QED) is 0.880. The number of aliphatic carboxylic acids is 1. The van der Waals surface area contributed by atoms with Crippen LogP contribution < -0.4 is 10.1 Å². The summed E-state index contributed by atoms with van der Waals surface area (Å²) in [6.45, 7) is 0. The van der Waals surface area contributed by atoms with Crippen molar-refractivity contribution < 1.29 is 19.0 Å². The minimum atomic E-state index is -1.05. The maximum atomic E-state index is 13.6. The van der Waals surface area contributed by atoms with E-state index in [2.05, 4.69) is 5.32 Å². The Balaban J connectivity index is 2.35. The first-order valence-corrected chi connectivity index (χ1v) is 6.00. The van der Waals surface area contributed by atoms with Crippen LogP contribution in [-0.2, 0) is 4.79 Å². The smallest absolute Gasteiger partial charge is 0.330 e. The van der Waals surface area contributed by atoms with E-state index in [0.717, 1.165) is 0 Å². The molecule has 0 radical (unpaired) electrons. The lowest BCUT2D eigenvalue weighted by molar-refractivity contribution is -0.138. The number of hydrogen-bond acceptors (Lipinski definition) is 3. The maximum Gasteiger partial charge on any atom is 0.330 e. The summed E-state index contributed by atoms with van der Waals surface area (Å²) >= 11 is 0. The summed E-state index contributed by atoms with van der Waals surface area (Å²) in [6.07, 6.45) is 0. The van der Waals surface area contributed by atoms with E-state index < -0.39 is 17.8 Å². The number of carbonyl (C=O) groups is 1. The number of methoxy groups -OCH3 is 1. The van der Waals surface area contributed by atoms with E-state index in [9.17, 15) is 14.3 Å². The molecule has 0 fully saturated rings. The van der Waals surface area contributed by atoms with Gasteiger partial charge in [-0.3, -0.25) is 0 Å². The second kappa shape index (κ2) is 6.06. The van der Waals surface area contributed by atoms with Gasteiger partial charge in [0.05, 0.1) is 12.8 Å². The SMILES string of the molecule is COc1c(F)cccc1NC(C(=O)O)c1ccccc1. The molecule has 1 atom stereocenters. The van der Waals surface area contributed by atoms with Gasteiger partial charge in [-0.05, 0) is 17.7 Å². The molecule has 1 unspecified atom stereocenters. The number of halogens is 1. The Hall–Kier alpha value is -2.56. The van der Waals surface area contributed by atoms with Crippen LogP contribution in [0.15, 0.2) is 48.5 Å². The van der Waals surface area contributed by atoms with Gasteiger partial charge in [0.1, 0.15) is 0 Å². The highest BCUT2D eigenvalue weighted by molar-refractivity contribution is 5.80. The molecule has 0 bridgehead atoms. The predicted octanol–water partition coefficient (Wildman–Crippen LogP) is 3.07. The summed E-state index contributed by atoms with van der Waals surface area (Å²) in [7, 11) is 1.34. The van der Waals surface area contributed by atoms with E-state index >= 15 is 0 Å². The molecule has 2 N–H and O–H groups in total. The maximum absolute atomic E-state index is 13.6. The molecule has 4 nitrogen and oxygen atoms in total. The molecular formula is C15H14FNO3. The number of nitrogens with one attached hydrogen (secondary N) is 1. The lowest BCUT2D eigenvalue weighted by Gasteiger charge is -2.18. The molecular weight excluding hydrogens is 261 g/mol. The van der Waals surface area contributed by atoms with Gasteiger partial charge in [-0.1, -0.05) is 36.4 Å². The summed E-state index contributed by atoms with van der Waals surface area (Å²) in [5.74, 6) is -1.60. The average molecular weight is 275 g/mol. The minimum Gasteiger partial charge on any atom is -0.492 e. The van der Waals surface area contributed by atoms with Gasteiger partial charge in [-0.15, -0.1) is 0 Å². The fourth-order valence-corrected chi connectivity index (χ4v) is 1.92. The molecule has 0 aliphatic heterocycles. The number of hydrogen-bond donors (Lipinski definition) is 2. The van der Waals surface area contributed by atoms with Crippen molar-refractivity contribution in [3.8, 4) is 5.75 Å². The van der Waals surface area contributed by atoms with E-state index in [1.54, 1.807) is 36.4 Å². The number of rotatable bonds is 5. The van der Waals surface area contributed by atoms with E-state index in [-0.39, 0.29) is 5.75 Å². The highest BCUT2D eigenvalue weighted by Gasteiger charge is 2.21. The van der Waals surface area contributed by atoms with Gasteiger partial charge < -0.3 is 15.2 Å². The van der Waals surface area contributed by atoms with Gasteiger partial charge in [-0.2, -0.15) is 0 Å². The van der Waals surface area contributed by atoms with Crippen molar-refractivity contribution >= 4 is 11.7 Å². The van der Waals surface area contributed by atoms with E-state index in [4.69, 9.17) is 4.74 Å². The van der Waals surface area contributed by atoms with Crippen molar-refractivity contribution in [2.24, 2.45) is 0 Å². The van der Waals surface area contributed by atoms with Gasteiger partial charge in [0.2, 0.25) is 0 Å². The van der Waals surface area contributed by atoms with Crippen molar-refractivity contribution in [3.63, 3.8) is 0 Å². The third-order valence-electron chi connectivity index (χ3n) is 2.85. The van der Waals surface area contributed by atoms with Gasteiger partial charge in [0.25, 0.3) is 0 Å². The molecule has 2 aromatic carbocycles. The molecule has 0 aliphatic rings. The van der Waals surface area contributed by atoms with Crippen LogP contribution in [0.25, 0.3) is 0 Å². The molecule has 5 heteroatoms. The average Bonchev–Trinajstić information content (AvgIpc) is 2.45. The van der Waals surface area contributed by atoms with Gasteiger partial charge in [-0.25, -0.2) is 9.18 Å². The zero-order valence-corrected chi connectivity index (χ0v) is 10.8. The molecule has 0 heterocycles. The molecule has 0 aliphatic carbocycles. The third kappa shape index (κ3) is 2.88. The highest BCUT2D eigenvalue weighted by Crippen LogP contribution is 2.30. The van der Waals surface area contributed by atoms with Crippen LogP contribution in [-0.4, -0.2) is 18.2 Å². The normalized spacial score (nSPS) is 11.7. The van der Waals surface area contributed by atoms with Crippen molar-refractivity contribution in [1.82, 2.24) is 0 Å². The first-order chi connectivity index (χ1) is 9.63. The van der Waals surface area contributed by atoms with Crippen molar-refractivity contribution in [2.45, 2.75) is 6.04 Å². The number of carboxylic acid groups (broad SMARTS) is 1. The third-order valence-corrected chi connectivity index (χ3v) is 2.85. The molecule has 104 valence electrons. The molecule has 0 saturated heterocycles. The Labute approximate surface area is 115 Å². The largest absolute Gasteiger partial charge is 0.492 e. The fraction of sp³-hybridized carbons (Fsp3) is 0.133. The Bertz CT molecular complexity index is 601. The summed E-state index contributed by atoms with van der Waals surface area (Å²) in [5.41, 5.74) is 0.870. The van der Waals surface area contributed by atoms with Gasteiger partial charge in [0.15, 0.2) is 17.6 Å². The van der Waals surface area contributed by atoms with Crippen LogP contribution in [0.2, 0.25) is 0 Å². The number of ether oxygens (including phenoxy) is 1. The minimum absolute atomic E-state index is 0.00492. The Morgan fingerprint density at radius 3 is 2.50 bits per heavy atom. The molecule has 2 aromatic rings. The number of benzene rings is 2. The lowest BCUT2D eigenvalue weighted by atomic mass is 10.1. The highest BCUT2D eigenvalue weighted by atomic mass is 19.1. The second-order valence-corrected chi connectivity index (χ2v) is 4.15. The Morgan fingerprint density at radius 1 is 1.20 bits per heavy atom. The predicted molar refractivity (Wildman–Crippen MR) is 73.4 cm³/mol. The zero-order chi connectivity index (χ0) is 14.5. The molecule has 0 saturated carbocycles. The second-order valence-electron chi connectivity index (χ2n) is 4.15. The first kappa shape index (κ1) is 13.9. The van der Waals surface area contributed by atoms with Crippen molar-refractivity contribution in [2.75, 3.05) is 12.4 Å². The number of anilines is 1. The van der Waals surface area contributed by atoms with Crippen LogP contribution in [0.4, 0.5) is 10.1 Å². The fourth-order valence-electron chi connectivity index (χ4n) is 1.92. The van der Waals surface area contributed by atoms with E-state index in [1.807, 2.05) is 0 Å². The van der Waals surface area contributed by atoms with Crippen LogP contribution in [0.1, 0.15) is 11.6 Å².